The molecule has 0 N–H and O–H groups in total. The molecule has 2 aromatic heterocycles. The van der Waals surface area contributed by atoms with E-state index in [1.54, 1.807) is 10.9 Å². The highest BCUT2D eigenvalue weighted by atomic mass is 16.5. The van der Waals surface area contributed by atoms with E-state index < -0.39 is 0 Å². The zero-order valence-electron chi connectivity index (χ0n) is 16.5. The number of aryl methyl sites for hydroxylation is 2. The summed E-state index contributed by atoms with van der Waals surface area (Å²) in [5, 5.41) is 8.37. The van der Waals surface area contributed by atoms with E-state index in [9.17, 15) is 4.79 Å². The number of aromatic nitrogens is 4. The van der Waals surface area contributed by atoms with Gasteiger partial charge in [0, 0.05) is 51.4 Å². The fourth-order valence-corrected chi connectivity index (χ4v) is 4.07. The van der Waals surface area contributed by atoms with Crippen molar-refractivity contribution in [3.05, 3.63) is 29.7 Å². The highest BCUT2D eigenvalue weighted by Crippen LogP contribution is 2.27. The third kappa shape index (κ3) is 4.43. The van der Waals surface area contributed by atoms with Gasteiger partial charge in [0.15, 0.2) is 5.82 Å². The van der Waals surface area contributed by atoms with Gasteiger partial charge < -0.3 is 14.2 Å². The quantitative estimate of drug-likeness (QED) is 0.757. The molecular formula is C20H29N5O3. The van der Waals surface area contributed by atoms with Gasteiger partial charge in [0.1, 0.15) is 0 Å². The molecule has 0 atom stereocenters. The minimum absolute atomic E-state index is 0.0948. The highest BCUT2D eigenvalue weighted by Gasteiger charge is 2.25. The summed E-state index contributed by atoms with van der Waals surface area (Å²) in [7, 11) is 0. The van der Waals surface area contributed by atoms with Crippen molar-refractivity contribution in [1.29, 1.82) is 0 Å². The van der Waals surface area contributed by atoms with Crippen molar-refractivity contribution in [2.45, 2.75) is 57.9 Å². The molecule has 0 saturated carbocycles. The maximum absolute atomic E-state index is 12.6. The number of piperidine rings is 1. The van der Waals surface area contributed by atoms with E-state index in [-0.39, 0.29) is 5.91 Å². The van der Waals surface area contributed by atoms with Crippen LogP contribution in [0, 0.1) is 5.92 Å². The van der Waals surface area contributed by atoms with Crippen LogP contribution in [0.3, 0.4) is 0 Å². The first-order valence-electron chi connectivity index (χ1n) is 10.4. The number of ether oxygens (including phenoxy) is 1. The number of rotatable bonds is 6. The maximum Gasteiger partial charge on any atom is 0.257 e. The third-order valence-electron chi connectivity index (χ3n) is 5.94. The summed E-state index contributed by atoms with van der Waals surface area (Å²) in [5.41, 5.74) is 0.688. The molecule has 0 unspecified atom stereocenters. The number of hydrogen-bond donors (Lipinski definition) is 0. The van der Waals surface area contributed by atoms with Gasteiger partial charge in [0.25, 0.3) is 5.91 Å². The Morgan fingerprint density at radius 3 is 2.71 bits per heavy atom. The largest absolute Gasteiger partial charge is 0.381 e. The van der Waals surface area contributed by atoms with Crippen LogP contribution in [-0.4, -0.2) is 57.0 Å². The first-order chi connectivity index (χ1) is 13.7. The van der Waals surface area contributed by atoms with Crippen LogP contribution in [0.5, 0.6) is 0 Å². The average Bonchev–Trinajstić information content (AvgIpc) is 3.42. The fraction of sp³-hybridized carbons (Fsp3) is 0.700. The summed E-state index contributed by atoms with van der Waals surface area (Å²) < 4.78 is 12.7. The predicted octanol–water partition coefficient (Wildman–Crippen LogP) is 2.67. The molecule has 8 heteroatoms. The normalized spacial score (nSPS) is 19.2. The van der Waals surface area contributed by atoms with Crippen molar-refractivity contribution >= 4 is 5.91 Å². The molecule has 2 aliphatic heterocycles. The van der Waals surface area contributed by atoms with Crippen molar-refractivity contribution in [1.82, 2.24) is 24.8 Å². The number of likely N-dealkylation sites (tertiary alicyclic amines) is 1. The van der Waals surface area contributed by atoms with Crippen LogP contribution in [0.2, 0.25) is 0 Å². The first kappa shape index (κ1) is 19.1. The second-order valence-electron chi connectivity index (χ2n) is 7.79. The Bertz CT molecular complexity index is 772. The van der Waals surface area contributed by atoms with E-state index in [1.165, 1.54) is 0 Å². The molecule has 1 amide bonds. The molecule has 28 heavy (non-hydrogen) atoms. The fourth-order valence-electron chi connectivity index (χ4n) is 4.07. The van der Waals surface area contributed by atoms with Crippen molar-refractivity contribution in [3.8, 4) is 0 Å². The first-order valence-corrected chi connectivity index (χ1v) is 10.4. The Morgan fingerprint density at radius 2 is 2.00 bits per heavy atom. The Kier molecular flexibility index (Phi) is 6.04. The molecule has 0 aliphatic carbocycles. The molecule has 152 valence electrons. The molecule has 0 aromatic carbocycles. The van der Waals surface area contributed by atoms with Crippen LogP contribution in [0.15, 0.2) is 16.9 Å². The topological polar surface area (TPSA) is 86.3 Å². The van der Waals surface area contributed by atoms with Crippen LogP contribution in [-0.2, 0) is 17.7 Å². The molecule has 4 heterocycles. The van der Waals surface area contributed by atoms with Crippen molar-refractivity contribution in [2.24, 2.45) is 5.92 Å². The smallest absolute Gasteiger partial charge is 0.257 e. The van der Waals surface area contributed by atoms with Gasteiger partial charge in [-0.2, -0.15) is 10.1 Å². The Labute approximate surface area is 165 Å². The molecule has 8 nitrogen and oxygen atoms in total. The molecule has 0 radical (unpaired) electrons. The van der Waals surface area contributed by atoms with Crippen LogP contribution in [0.1, 0.15) is 67.0 Å². The summed E-state index contributed by atoms with van der Waals surface area (Å²) in [5.74, 6) is 2.63. The Hall–Kier alpha value is -2.22. The standard InChI is InChI=1S/C20H29N5O3/c1-2-25-14-17(13-21-25)20(26)24-9-5-15(6-10-24)3-4-18-22-19(28-23-18)16-7-11-27-12-8-16/h13-16H,2-12H2,1H3. The number of hydrogen-bond acceptors (Lipinski definition) is 6. The molecule has 2 aliphatic rings. The SMILES string of the molecule is CCn1cc(C(=O)N2CCC(CCc3noc(C4CCOCC4)n3)CC2)cn1. The van der Waals surface area contributed by atoms with Crippen LogP contribution < -0.4 is 0 Å². The van der Waals surface area contributed by atoms with E-state index >= 15 is 0 Å². The van der Waals surface area contributed by atoms with Crippen LogP contribution >= 0.6 is 0 Å². The molecule has 2 aromatic rings. The zero-order valence-corrected chi connectivity index (χ0v) is 16.5. The van der Waals surface area contributed by atoms with E-state index in [4.69, 9.17) is 9.26 Å². The summed E-state index contributed by atoms with van der Waals surface area (Å²) in [4.78, 5) is 19.2. The van der Waals surface area contributed by atoms with Crippen molar-refractivity contribution in [3.63, 3.8) is 0 Å². The monoisotopic (exact) mass is 387 g/mol. The molecule has 2 fully saturated rings. The minimum atomic E-state index is 0.0948. The van der Waals surface area contributed by atoms with E-state index in [1.807, 2.05) is 18.0 Å². The van der Waals surface area contributed by atoms with Crippen molar-refractivity contribution in [2.75, 3.05) is 26.3 Å². The molecule has 4 rings (SSSR count). The number of carbonyl (C=O) groups excluding carboxylic acids is 1. The van der Waals surface area contributed by atoms with Crippen LogP contribution in [0.25, 0.3) is 0 Å². The lowest BCUT2D eigenvalue weighted by atomic mass is 9.92. The second kappa shape index (κ2) is 8.86. The predicted molar refractivity (Wildman–Crippen MR) is 102 cm³/mol. The molecular weight excluding hydrogens is 358 g/mol. The number of nitrogens with zero attached hydrogens (tertiary/aromatic N) is 5. The highest BCUT2D eigenvalue weighted by molar-refractivity contribution is 5.93. The van der Waals surface area contributed by atoms with Gasteiger partial charge in [0.05, 0.1) is 11.8 Å². The summed E-state index contributed by atoms with van der Waals surface area (Å²) in [6.07, 6.45) is 9.37. The lowest BCUT2D eigenvalue weighted by Gasteiger charge is -2.31. The van der Waals surface area contributed by atoms with Gasteiger partial charge in [0.2, 0.25) is 5.89 Å². The molecule has 2 saturated heterocycles. The summed E-state index contributed by atoms with van der Waals surface area (Å²) in [6.45, 7) is 5.96. The van der Waals surface area contributed by atoms with Gasteiger partial charge in [-0.15, -0.1) is 0 Å². The number of amides is 1. The second-order valence-corrected chi connectivity index (χ2v) is 7.79. The van der Waals surface area contributed by atoms with Gasteiger partial charge in [-0.1, -0.05) is 5.16 Å². The summed E-state index contributed by atoms with van der Waals surface area (Å²) in [6, 6.07) is 0. The average molecular weight is 387 g/mol. The third-order valence-corrected chi connectivity index (χ3v) is 5.94. The zero-order chi connectivity index (χ0) is 19.3. The van der Waals surface area contributed by atoms with Gasteiger partial charge >= 0.3 is 0 Å². The van der Waals surface area contributed by atoms with E-state index in [0.717, 1.165) is 83.1 Å². The molecule has 0 bridgehead atoms. The lowest BCUT2D eigenvalue weighted by molar-refractivity contribution is 0.0686. The maximum atomic E-state index is 12.6. The Balaban J connectivity index is 1.22. The Morgan fingerprint density at radius 1 is 1.21 bits per heavy atom. The van der Waals surface area contributed by atoms with Gasteiger partial charge in [-0.25, -0.2) is 0 Å². The lowest BCUT2D eigenvalue weighted by Crippen LogP contribution is -2.38. The minimum Gasteiger partial charge on any atom is -0.381 e. The van der Waals surface area contributed by atoms with Crippen molar-refractivity contribution < 1.29 is 14.1 Å². The molecule has 0 spiro atoms. The van der Waals surface area contributed by atoms with Gasteiger partial charge in [-0.05, 0) is 44.9 Å². The number of carbonyl (C=O) groups is 1. The van der Waals surface area contributed by atoms with E-state index in [2.05, 4.69) is 15.2 Å². The van der Waals surface area contributed by atoms with Gasteiger partial charge in [-0.3, -0.25) is 9.48 Å². The summed E-state index contributed by atoms with van der Waals surface area (Å²) >= 11 is 0. The van der Waals surface area contributed by atoms with E-state index in [0.29, 0.717) is 17.4 Å². The van der Waals surface area contributed by atoms with Crippen LogP contribution in [0.4, 0.5) is 0 Å².